The molecule has 1 fully saturated rings. The van der Waals surface area contributed by atoms with Crippen molar-refractivity contribution in [1.82, 2.24) is 0 Å². The van der Waals surface area contributed by atoms with Crippen LogP contribution in [0.3, 0.4) is 0 Å². The lowest BCUT2D eigenvalue weighted by Gasteiger charge is -2.41. The largest absolute Gasteiger partial charge is 0.457 e. The first-order valence-electron chi connectivity index (χ1n) is 23.5. The number of carbonyl (C=O) groups excluding carboxylic acids is 1. The van der Waals surface area contributed by atoms with Gasteiger partial charge in [0.05, 0.1) is 19.8 Å². The van der Waals surface area contributed by atoms with E-state index in [1.807, 2.05) is 0 Å². The lowest BCUT2D eigenvalue weighted by atomic mass is 9.99. The van der Waals surface area contributed by atoms with Gasteiger partial charge in [0, 0.05) is 13.0 Å². The summed E-state index contributed by atoms with van der Waals surface area (Å²) in [6, 6.07) is 0. The molecule has 0 aromatic rings. The first kappa shape index (κ1) is 56.8. The SMILES string of the molecule is CC/C=C\C/C=C\C/C=C\C/C=C\C/C=C\CCCCCCCCCCCC(=O)OC(COCCCCCCCCCCC)COC1OC(CO)C(O)C(OS(=O)(=O)O)C1O. The number of ether oxygens (including phenoxy) is 4. The number of rotatable bonds is 40. The lowest BCUT2D eigenvalue weighted by Crippen LogP contribution is -2.60. The van der Waals surface area contributed by atoms with Gasteiger partial charge in [0.15, 0.2) is 6.29 Å². The molecule has 1 saturated heterocycles. The summed E-state index contributed by atoms with van der Waals surface area (Å²) in [6.45, 7) is 3.84. The molecule has 0 aliphatic carbocycles. The van der Waals surface area contributed by atoms with Crippen LogP contribution in [0.5, 0.6) is 0 Å². The van der Waals surface area contributed by atoms with Crippen molar-refractivity contribution in [2.45, 2.75) is 211 Å². The van der Waals surface area contributed by atoms with E-state index in [2.05, 4.69) is 78.8 Å². The van der Waals surface area contributed by atoms with Crippen LogP contribution in [0.15, 0.2) is 60.8 Å². The Labute approximate surface area is 369 Å². The third kappa shape index (κ3) is 33.0. The Hall–Kier alpha value is -2.20. The van der Waals surface area contributed by atoms with Crippen molar-refractivity contribution in [3.05, 3.63) is 60.8 Å². The van der Waals surface area contributed by atoms with Crippen LogP contribution in [0, 0.1) is 0 Å². The van der Waals surface area contributed by atoms with E-state index < -0.39 is 59.8 Å². The molecule has 0 aromatic carbocycles. The molecule has 1 aliphatic heterocycles. The fourth-order valence-electron chi connectivity index (χ4n) is 6.88. The molecular formula is C48H84O12S. The maximum atomic E-state index is 12.8. The molecule has 0 bridgehead atoms. The van der Waals surface area contributed by atoms with Gasteiger partial charge in [-0.3, -0.25) is 9.35 Å². The molecule has 61 heavy (non-hydrogen) atoms. The van der Waals surface area contributed by atoms with E-state index in [9.17, 15) is 28.5 Å². The Morgan fingerprint density at radius 3 is 1.66 bits per heavy atom. The van der Waals surface area contributed by atoms with E-state index in [-0.39, 0.29) is 19.6 Å². The minimum Gasteiger partial charge on any atom is -0.457 e. The van der Waals surface area contributed by atoms with E-state index in [1.54, 1.807) is 0 Å². The van der Waals surface area contributed by atoms with Crippen molar-refractivity contribution in [3.8, 4) is 0 Å². The van der Waals surface area contributed by atoms with E-state index in [0.717, 1.165) is 77.0 Å². The predicted octanol–water partition coefficient (Wildman–Crippen LogP) is 10.1. The van der Waals surface area contributed by atoms with Crippen LogP contribution >= 0.6 is 0 Å². The number of aliphatic hydroxyl groups excluding tert-OH is 3. The molecule has 0 amide bonds. The third-order valence-electron chi connectivity index (χ3n) is 10.4. The molecule has 4 N–H and O–H groups in total. The average Bonchev–Trinajstić information content (AvgIpc) is 3.23. The monoisotopic (exact) mass is 885 g/mol. The summed E-state index contributed by atoms with van der Waals surface area (Å²) in [6.07, 6.45) is 39.8. The average molecular weight is 885 g/mol. The van der Waals surface area contributed by atoms with Gasteiger partial charge in [-0.25, -0.2) is 4.18 Å². The van der Waals surface area contributed by atoms with E-state index >= 15 is 0 Å². The van der Waals surface area contributed by atoms with Gasteiger partial charge in [0.2, 0.25) is 0 Å². The number of esters is 1. The number of hydrogen-bond acceptors (Lipinski definition) is 11. The summed E-state index contributed by atoms with van der Waals surface area (Å²) in [5, 5.41) is 30.6. The van der Waals surface area contributed by atoms with Gasteiger partial charge in [-0.05, 0) is 57.8 Å². The second kappa shape index (κ2) is 39.4. The summed E-state index contributed by atoms with van der Waals surface area (Å²) < 4.78 is 59.0. The van der Waals surface area contributed by atoms with Crippen LogP contribution in [-0.2, 0) is 38.3 Å². The molecule has 0 saturated carbocycles. The van der Waals surface area contributed by atoms with Crippen LogP contribution in [0.1, 0.15) is 174 Å². The molecule has 1 heterocycles. The molecule has 1 rings (SSSR count). The van der Waals surface area contributed by atoms with Gasteiger partial charge < -0.3 is 34.3 Å². The van der Waals surface area contributed by atoms with Crippen LogP contribution in [0.4, 0.5) is 0 Å². The third-order valence-corrected chi connectivity index (χ3v) is 10.9. The zero-order chi connectivity index (χ0) is 44.7. The zero-order valence-electron chi connectivity index (χ0n) is 37.7. The maximum absolute atomic E-state index is 12.8. The van der Waals surface area contributed by atoms with Crippen molar-refractivity contribution in [2.24, 2.45) is 0 Å². The minimum absolute atomic E-state index is 0.0326. The molecule has 354 valence electrons. The van der Waals surface area contributed by atoms with E-state index in [4.69, 9.17) is 23.5 Å². The summed E-state index contributed by atoms with van der Waals surface area (Å²) >= 11 is 0. The van der Waals surface area contributed by atoms with Crippen molar-refractivity contribution >= 4 is 16.4 Å². The number of unbranched alkanes of at least 4 members (excludes halogenated alkanes) is 17. The predicted molar refractivity (Wildman–Crippen MR) is 243 cm³/mol. The molecule has 0 spiro atoms. The first-order valence-corrected chi connectivity index (χ1v) is 24.9. The van der Waals surface area contributed by atoms with Gasteiger partial charge in [-0.15, -0.1) is 0 Å². The van der Waals surface area contributed by atoms with Gasteiger partial charge in [-0.2, -0.15) is 8.42 Å². The number of allylic oxidation sites excluding steroid dienone is 10. The van der Waals surface area contributed by atoms with Crippen LogP contribution < -0.4 is 0 Å². The Morgan fingerprint density at radius 2 is 1.13 bits per heavy atom. The maximum Gasteiger partial charge on any atom is 0.397 e. The van der Waals surface area contributed by atoms with Gasteiger partial charge >= 0.3 is 16.4 Å². The van der Waals surface area contributed by atoms with Crippen molar-refractivity contribution < 1.29 is 56.2 Å². The fourth-order valence-corrected chi connectivity index (χ4v) is 7.38. The number of hydrogen-bond donors (Lipinski definition) is 4. The van der Waals surface area contributed by atoms with Crippen LogP contribution in [0.25, 0.3) is 0 Å². The Kier molecular flexibility index (Phi) is 36.7. The van der Waals surface area contributed by atoms with Crippen molar-refractivity contribution in [3.63, 3.8) is 0 Å². The first-order chi connectivity index (χ1) is 29.6. The Bertz CT molecular complexity index is 1300. The number of carbonyl (C=O) groups is 1. The lowest BCUT2D eigenvalue weighted by molar-refractivity contribution is -0.301. The molecule has 12 nitrogen and oxygen atoms in total. The minimum atomic E-state index is -5.06. The standard InChI is InChI=1S/C48H84O12S/c1-3-5-7-9-11-13-14-15-16-17-18-19-20-21-22-23-24-25-26-27-28-29-31-33-35-37-44(50)58-42(40-56-38-36-34-32-30-12-10-8-6-4-2)41-57-48-46(52)47(60-61(53,54)55)45(51)43(39-49)59-48/h5,7,11,13,15-16,18-19,21-22,42-43,45-49,51-52H,3-4,6,8-10,12,14,17,20,23-41H2,1-2H3,(H,53,54,55)/b7-5-,13-11-,16-15-,19-18-,22-21-. The topological polar surface area (TPSA) is 178 Å². The summed E-state index contributed by atoms with van der Waals surface area (Å²) in [4.78, 5) is 12.8. The highest BCUT2D eigenvalue weighted by atomic mass is 32.3. The Balaban J connectivity index is 2.32. The normalized spacial score (nSPS) is 20.7. The molecule has 1 aliphatic rings. The van der Waals surface area contributed by atoms with Gasteiger partial charge in [0.1, 0.15) is 30.5 Å². The van der Waals surface area contributed by atoms with Gasteiger partial charge in [0.25, 0.3) is 0 Å². The summed E-state index contributed by atoms with van der Waals surface area (Å²) in [5.41, 5.74) is 0. The quantitative estimate of drug-likeness (QED) is 0.0198. The number of aliphatic hydroxyl groups is 3. The highest BCUT2D eigenvalue weighted by Gasteiger charge is 2.48. The molecule has 6 unspecified atom stereocenters. The molecule has 6 atom stereocenters. The highest BCUT2D eigenvalue weighted by molar-refractivity contribution is 7.80. The summed E-state index contributed by atoms with van der Waals surface area (Å²) in [5.74, 6) is -0.408. The zero-order valence-corrected chi connectivity index (χ0v) is 38.5. The highest BCUT2D eigenvalue weighted by Crippen LogP contribution is 2.26. The molecule has 13 heteroatoms. The van der Waals surface area contributed by atoms with E-state index in [1.165, 1.54) is 70.6 Å². The van der Waals surface area contributed by atoms with Crippen LogP contribution in [0.2, 0.25) is 0 Å². The van der Waals surface area contributed by atoms with Crippen LogP contribution in [-0.4, -0.2) is 97.5 Å². The second-order valence-electron chi connectivity index (χ2n) is 16.0. The Morgan fingerprint density at radius 1 is 0.639 bits per heavy atom. The van der Waals surface area contributed by atoms with Crippen molar-refractivity contribution in [2.75, 3.05) is 26.4 Å². The van der Waals surface area contributed by atoms with Crippen molar-refractivity contribution in [1.29, 1.82) is 0 Å². The summed E-state index contributed by atoms with van der Waals surface area (Å²) in [7, 11) is -5.06. The smallest absolute Gasteiger partial charge is 0.397 e. The van der Waals surface area contributed by atoms with Gasteiger partial charge in [-0.1, -0.05) is 171 Å². The molecule has 0 radical (unpaired) electrons. The second-order valence-corrected chi connectivity index (χ2v) is 17.0. The van der Waals surface area contributed by atoms with E-state index in [0.29, 0.717) is 13.0 Å². The molecule has 0 aromatic heterocycles. The molecular weight excluding hydrogens is 801 g/mol. The fraction of sp³-hybridized carbons (Fsp3) is 0.771.